The van der Waals surface area contributed by atoms with Gasteiger partial charge in [-0.2, -0.15) is 0 Å². The third-order valence-corrected chi connectivity index (χ3v) is 7.17. The number of methoxy groups -OCH3 is 1. The Morgan fingerprint density at radius 1 is 0.971 bits per heavy atom. The monoisotopic (exact) mass is 512 g/mol. The smallest absolute Gasteiger partial charge is 0.307 e. The molecule has 0 radical (unpaired) electrons. The van der Waals surface area contributed by atoms with Gasteiger partial charge in [0.05, 0.1) is 13.5 Å². The first-order valence-corrected chi connectivity index (χ1v) is 12.6. The second-order valence-corrected chi connectivity index (χ2v) is 10.0. The summed E-state index contributed by atoms with van der Waals surface area (Å²) in [6, 6.07) is 21.4. The lowest BCUT2D eigenvalue weighted by atomic mass is 10.1. The van der Waals surface area contributed by atoms with E-state index in [-0.39, 0.29) is 6.42 Å². The van der Waals surface area contributed by atoms with E-state index in [1.807, 2.05) is 54.6 Å². The number of piperazine rings is 1. The Kier molecular flexibility index (Phi) is 8.93. The van der Waals surface area contributed by atoms with E-state index in [0.29, 0.717) is 18.2 Å². The molecule has 0 saturated carbocycles. The molecule has 35 heavy (non-hydrogen) atoms. The average Bonchev–Trinajstić information content (AvgIpc) is 2.86. The van der Waals surface area contributed by atoms with Crippen LogP contribution in [-0.4, -0.2) is 53.6 Å². The molecule has 1 N–H and O–H groups in total. The molecular formula is C27H29ClN2O4S. The fourth-order valence-electron chi connectivity index (χ4n) is 3.93. The van der Waals surface area contributed by atoms with Gasteiger partial charge in [-0.05, 0) is 65.5 Å². The molecule has 1 saturated heterocycles. The van der Waals surface area contributed by atoms with Crippen LogP contribution in [0.5, 0.6) is 11.5 Å². The number of hydrogen-bond donors (Lipinski definition) is 1. The van der Waals surface area contributed by atoms with E-state index < -0.39 is 5.97 Å². The maximum atomic E-state index is 11.2. The number of nitrogens with zero attached hydrogens (tertiary/aromatic N) is 2. The van der Waals surface area contributed by atoms with Gasteiger partial charge in [0.1, 0.15) is 18.1 Å². The second kappa shape index (κ2) is 12.3. The van der Waals surface area contributed by atoms with Crippen molar-refractivity contribution in [2.24, 2.45) is 0 Å². The number of hydrogen-bond acceptors (Lipinski definition) is 6. The number of benzene rings is 3. The van der Waals surface area contributed by atoms with Crippen LogP contribution in [0, 0.1) is 0 Å². The zero-order chi connectivity index (χ0) is 24.6. The number of aliphatic carboxylic acids is 1. The Morgan fingerprint density at radius 2 is 1.66 bits per heavy atom. The van der Waals surface area contributed by atoms with Crippen molar-refractivity contribution in [2.45, 2.75) is 24.5 Å². The van der Waals surface area contributed by atoms with E-state index in [1.54, 1.807) is 19.1 Å². The Hall–Kier alpha value is -2.71. The maximum absolute atomic E-state index is 11.2. The molecule has 0 aliphatic carbocycles. The quantitative estimate of drug-likeness (QED) is 0.366. The minimum Gasteiger partial charge on any atom is -0.497 e. The van der Waals surface area contributed by atoms with Crippen LogP contribution in [0.4, 0.5) is 0 Å². The van der Waals surface area contributed by atoms with E-state index in [1.165, 1.54) is 4.90 Å². The van der Waals surface area contributed by atoms with Crippen molar-refractivity contribution in [1.82, 2.24) is 9.21 Å². The van der Waals surface area contributed by atoms with Crippen LogP contribution in [-0.2, 0) is 24.4 Å². The van der Waals surface area contributed by atoms with Gasteiger partial charge in [0.15, 0.2) is 0 Å². The summed E-state index contributed by atoms with van der Waals surface area (Å²) in [4.78, 5) is 14.8. The van der Waals surface area contributed by atoms with Crippen LogP contribution in [0.15, 0.2) is 71.6 Å². The summed E-state index contributed by atoms with van der Waals surface area (Å²) in [6.07, 6.45) is -0.00323. The van der Waals surface area contributed by atoms with Crippen molar-refractivity contribution in [3.05, 3.63) is 88.4 Å². The molecule has 1 aliphatic rings. The molecule has 0 aromatic heterocycles. The zero-order valence-corrected chi connectivity index (χ0v) is 21.2. The molecule has 0 bridgehead atoms. The molecule has 1 fully saturated rings. The summed E-state index contributed by atoms with van der Waals surface area (Å²) in [6.45, 7) is 4.85. The maximum Gasteiger partial charge on any atom is 0.307 e. The fraction of sp³-hybridized carbons (Fsp3) is 0.296. The van der Waals surface area contributed by atoms with Crippen molar-refractivity contribution < 1.29 is 19.4 Å². The predicted octanol–water partition coefficient (Wildman–Crippen LogP) is 5.38. The topological polar surface area (TPSA) is 62.2 Å². The van der Waals surface area contributed by atoms with Crippen LogP contribution in [0.3, 0.4) is 0 Å². The van der Waals surface area contributed by atoms with Crippen LogP contribution in [0.1, 0.15) is 16.7 Å². The zero-order valence-electron chi connectivity index (χ0n) is 19.7. The minimum atomic E-state index is -0.838. The molecule has 8 heteroatoms. The van der Waals surface area contributed by atoms with Gasteiger partial charge in [0, 0.05) is 48.2 Å². The first-order chi connectivity index (χ1) is 17.0. The van der Waals surface area contributed by atoms with E-state index >= 15 is 0 Å². The average molecular weight is 513 g/mol. The number of carboxylic acids is 1. The number of ether oxygens (including phenoxy) is 2. The fourth-order valence-corrected chi connectivity index (χ4v) is 4.96. The molecule has 1 heterocycles. The summed E-state index contributed by atoms with van der Waals surface area (Å²) in [7, 11) is 1.67. The number of halogens is 1. The van der Waals surface area contributed by atoms with Crippen molar-refractivity contribution in [3.8, 4) is 11.5 Å². The van der Waals surface area contributed by atoms with E-state index in [2.05, 4.69) is 21.3 Å². The van der Waals surface area contributed by atoms with E-state index in [4.69, 9.17) is 21.1 Å². The summed E-state index contributed by atoms with van der Waals surface area (Å²) in [5.74, 6) is 0.803. The molecule has 6 nitrogen and oxygen atoms in total. The molecule has 3 aromatic carbocycles. The van der Waals surface area contributed by atoms with Crippen molar-refractivity contribution >= 4 is 29.5 Å². The lowest BCUT2D eigenvalue weighted by molar-refractivity contribution is -0.136. The number of carboxylic acid groups (broad SMARTS) is 1. The second-order valence-electron chi connectivity index (χ2n) is 8.40. The third kappa shape index (κ3) is 7.64. The Balaban J connectivity index is 1.38. The molecule has 184 valence electrons. The Morgan fingerprint density at radius 3 is 2.31 bits per heavy atom. The molecule has 3 aromatic rings. The van der Waals surface area contributed by atoms with E-state index in [9.17, 15) is 9.90 Å². The third-order valence-electron chi connectivity index (χ3n) is 5.81. The number of rotatable bonds is 10. The molecule has 0 spiro atoms. The lowest BCUT2D eigenvalue weighted by Gasteiger charge is -2.34. The highest BCUT2D eigenvalue weighted by molar-refractivity contribution is 7.97. The standard InChI is InChI=1S/C27H29ClN2O4S/c1-33-24-7-9-25(10-8-24)35-30-14-12-29(13-15-30)18-22-16-21(17-27(31)32)4-11-26(22)34-19-20-2-5-23(28)6-3-20/h2-11,16H,12-15,17-19H2,1H3,(H,31,32). The number of carbonyl (C=O) groups is 1. The van der Waals surface area contributed by atoms with Gasteiger partial charge in [0.2, 0.25) is 0 Å². The van der Waals surface area contributed by atoms with Crippen LogP contribution < -0.4 is 9.47 Å². The van der Waals surface area contributed by atoms with Crippen LogP contribution in [0.25, 0.3) is 0 Å². The summed E-state index contributed by atoms with van der Waals surface area (Å²) in [5, 5.41) is 9.93. The molecule has 0 unspecified atom stereocenters. The highest BCUT2D eigenvalue weighted by atomic mass is 35.5. The lowest BCUT2D eigenvalue weighted by Crippen LogP contribution is -2.42. The van der Waals surface area contributed by atoms with Gasteiger partial charge in [0.25, 0.3) is 0 Å². The SMILES string of the molecule is COc1ccc(SN2CCN(Cc3cc(CC(=O)O)ccc3OCc3ccc(Cl)cc3)CC2)cc1. The summed E-state index contributed by atoms with van der Waals surface area (Å²) < 4.78 is 13.8. The van der Waals surface area contributed by atoms with Crippen molar-refractivity contribution in [1.29, 1.82) is 0 Å². The van der Waals surface area contributed by atoms with E-state index in [0.717, 1.165) is 54.4 Å². The molecule has 4 rings (SSSR count). The van der Waals surface area contributed by atoms with Gasteiger partial charge >= 0.3 is 5.97 Å². The largest absolute Gasteiger partial charge is 0.497 e. The van der Waals surface area contributed by atoms with Gasteiger partial charge in [-0.1, -0.05) is 35.9 Å². The minimum absolute atomic E-state index is 0.00323. The van der Waals surface area contributed by atoms with Crippen molar-refractivity contribution in [3.63, 3.8) is 0 Å². The van der Waals surface area contributed by atoms with Crippen molar-refractivity contribution in [2.75, 3.05) is 33.3 Å². The molecule has 1 aliphatic heterocycles. The highest BCUT2D eigenvalue weighted by Crippen LogP contribution is 2.28. The Labute approximate surface area is 215 Å². The first kappa shape index (κ1) is 25.4. The Bertz CT molecular complexity index is 1120. The molecular weight excluding hydrogens is 484 g/mol. The highest BCUT2D eigenvalue weighted by Gasteiger charge is 2.20. The molecule has 0 atom stereocenters. The summed E-state index contributed by atoms with van der Waals surface area (Å²) in [5.41, 5.74) is 2.81. The van der Waals surface area contributed by atoms with Crippen LogP contribution in [0.2, 0.25) is 5.02 Å². The summed E-state index contributed by atoms with van der Waals surface area (Å²) >= 11 is 7.75. The van der Waals surface area contributed by atoms with Gasteiger partial charge < -0.3 is 14.6 Å². The van der Waals surface area contributed by atoms with Gasteiger partial charge in [-0.15, -0.1) is 0 Å². The normalized spacial score (nSPS) is 14.6. The van der Waals surface area contributed by atoms with Gasteiger partial charge in [-0.25, -0.2) is 4.31 Å². The predicted molar refractivity (Wildman–Crippen MR) is 139 cm³/mol. The first-order valence-electron chi connectivity index (χ1n) is 11.5. The molecule has 0 amide bonds. The van der Waals surface area contributed by atoms with Crippen LogP contribution >= 0.6 is 23.5 Å². The van der Waals surface area contributed by atoms with Gasteiger partial charge in [-0.3, -0.25) is 9.69 Å².